The summed E-state index contributed by atoms with van der Waals surface area (Å²) in [5, 5.41) is 0. The Morgan fingerprint density at radius 3 is 1.88 bits per heavy atom. The summed E-state index contributed by atoms with van der Waals surface area (Å²) in [6.07, 6.45) is 1.92. The van der Waals surface area contributed by atoms with Crippen molar-refractivity contribution in [2.45, 2.75) is 26.2 Å². The van der Waals surface area contributed by atoms with E-state index < -0.39 is 20.9 Å². The van der Waals surface area contributed by atoms with Crippen molar-refractivity contribution in [1.82, 2.24) is 4.98 Å². The molecule has 0 amide bonds. The van der Waals surface area contributed by atoms with Gasteiger partial charge in [0.25, 0.3) is 0 Å². The zero-order valence-corrected chi connectivity index (χ0v) is 37.3. The standard InChI is InChI=1S/C52H39N4OTe.Pt/c1-52(2,3)40-27-28-53-51(32-40)56-47-23-12-13-24-49(47)58-50-26-25-44(34-48(50)56)57-43-20-14-19-41(33-43)54-35-55(46-22-11-10-21-45(46)54)42-30-38(36-15-6-4-7-16-36)29-39(31-42)37-17-8-5-9-18-37;/h4-32,35H,1-3H3;/q-3;. The third kappa shape index (κ3) is 7.70. The van der Waals surface area contributed by atoms with E-state index in [4.69, 9.17) is 9.72 Å². The van der Waals surface area contributed by atoms with Crippen molar-refractivity contribution < 1.29 is 25.8 Å². The quantitative estimate of drug-likeness (QED) is 0.117. The first-order valence-corrected chi connectivity index (χ1v) is 21.8. The van der Waals surface area contributed by atoms with Gasteiger partial charge in [-0.25, -0.2) is 0 Å². The fraction of sp³-hybridized carbons (Fsp3) is 0.0769. The molecule has 10 rings (SSSR count). The molecule has 2 aliphatic rings. The first-order chi connectivity index (χ1) is 28.4. The molecule has 5 nitrogen and oxygen atoms in total. The number of fused-ring (bicyclic) bond motifs is 3. The number of aromatic nitrogens is 1. The molecule has 0 unspecified atom stereocenters. The van der Waals surface area contributed by atoms with Crippen molar-refractivity contribution in [2.75, 3.05) is 14.7 Å². The van der Waals surface area contributed by atoms with E-state index in [9.17, 15) is 0 Å². The number of nitrogens with zero attached hydrogens (tertiary/aromatic N) is 4. The smallest absolute Gasteiger partial charge is 0 e. The Labute approximate surface area is 371 Å². The maximum Gasteiger partial charge on any atom is 0 e. The number of anilines is 7. The topological polar surface area (TPSA) is 31.8 Å². The molecular formula is C52H39N4OPtTe-3. The molecule has 0 fully saturated rings. The zero-order valence-electron chi connectivity index (χ0n) is 32.7. The third-order valence-corrected chi connectivity index (χ3v) is 13.7. The maximum absolute atomic E-state index is 6.63. The van der Waals surface area contributed by atoms with Crippen LogP contribution in [-0.2, 0) is 26.5 Å². The van der Waals surface area contributed by atoms with Crippen LogP contribution in [0.3, 0.4) is 0 Å². The van der Waals surface area contributed by atoms with E-state index in [0.717, 1.165) is 51.1 Å². The number of pyridine rings is 1. The molecule has 59 heavy (non-hydrogen) atoms. The molecule has 0 saturated heterocycles. The zero-order chi connectivity index (χ0) is 39.2. The second-order valence-corrected chi connectivity index (χ2v) is 18.5. The number of para-hydroxylation sites is 3. The van der Waals surface area contributed by atoms with Gasteiger partial charge in [-0.15, -0.1) is 0 Å². The normalized spacial score (nSPS) is 13.0. The minimum Gasteiger partial charge on any atom is 0 e. The summed E-state index contributed by atoms with van der Waals surface area (Å²) in [4.78, 5) is 11.6. The van der Waals surface area contributed by atoms with Gasteiger partial charge in [0.05, 0.1) is 0 Å². The molecule has 0 bridgehead atoms. The summed E-state index contributed by atoms with van der Waals surface area (Å²) in [7, 11) is 0. The minimum absolute atomic E-state index is 0. The van der Waals surface area contributed by atoms with Gasteiger partial charge in [0, 0.05) is 21.1 Å². The van der Waals surface area contributed by atoms with Crippen molar-refractivity contribution in [2.24, 2.45) is 0 Å². The number of ether oxygens (including phenoxy) is 1. The van der Waals surface area contributed by atoms with Crippen LogP contribution in [0.25, 0.3) is 22.3 Å². The van der Waals surface area contributed by atoms with Crippen LogP contribution < -0.4 is 26.7 Å². The summed E-state index contributed by atoms with van der Waals surface area (Å²) >= 11 is -0.643. The van der Waals surface area contributed by atoms with E-state index in [2.05, 4.69) is 206 Å². The number of rotatable bonds is 7. The number of benzene rings is 7. The molecule has 3 heterocycles. The fourth-order valence-electron chi connectivity index (χ4n) is 7.58. The molecular weight excluding hydrogens is 1020 g/mol. The van der Waals surface area contributed by atoms with Gasteiger partial charge in [0.15, 0.2) is 0 Å². The molecule has 0 N–H and O–H groups in total. The van der Waals surface area contributed by atoms with Crippen LogP contribution in [-0.4, -0.2) is 25.9 Å². The van der Waals surface area contributed by atoms with Gasteiger partial charge in [-0.2, -0.15) is 0 Å². The van der Waals surface area contributed by atoms with Gasteiger partial charge in [0.2, 0.25) is 0 Å². The predicted molar refractivity (Wildman–Crippen MR) is 239 cm³/mol. The second-order valence-electron chi connectivity index (χ2n) is 15.4. The van der Waals surface area contributed by atoms with E-state index in [0.29, 0.717) is 11.5 Å². The Hall–Kier alpha value is -5.63. The Bertz CT molecular complexity index is 2730. The van der Waals surface area contributed by atoms with Gasteiger partial charge in [-0.1, -0.05) is 66.7 Å². The SMILES string of the molecule is CC(C)(C)c1ccnc(N2c3[c-]c(Oc4[c-]c(N5[CH-]N(c6cc(-c7ccccc7)cc(-c7ccccc7)c6)c6ccccc65)ccc4)ccc3[Te]c3ccccc32)c1.[Pt]. The molecule has 292 valence electrons. The largest absolute Gasteiger partial charge is 0 e. The molecule has 0 spiro atoms. The van der Waals surface area contributed by atoms with E-state index in [-0.39, 0.29) is 26.5 Å². The van der Waals surface area contributed by atoms with Crippen LogP contribution in [0.2, 0.25) is 0 Å². The van der Waals surface area contributed by atoms with Crippen LogP contribution in [0, 0.1) is 18.8 Å². The molecule has 7 aromatic carbocycles. The third-order valence-electron chi connectivity index (χ3n) is 10.5. The fourth-order valence-corrected chi connectivity index (χ4v) is 10.5. The molecule has 0 radical (unpaired) electrons. The van der Waals surface area contributed by atoms with E-state index >= 15 is 0 Å². The Morgan fingerprint density at radius 2 is 1.19 bits per heavy atom. The predicted octanol–water partition coefficient (Wildman–Crippen LogP) is 12.0. The van der Waals surface area contributed by atoms with Gasteiger partial charge < -0.3 is 0 Å². The first-order valence-electron chi connectivity index (χ1n) is 19.4. The van der Waals surface area contributed by atoms with Crippen LogP contribution in [0.15, 0.2) is 176 Å². The summed E-state index contributed by atoms with van der Waals surface area (Å²) in [6, 6.07) is 67.1. The van der Waals surface area contributed by atoms with Gasteiger partial charge in [0.1, 0.15) is 0 Å². The number of hydrogen-bond acceptors (Lipinski definition) is 5. The van der Waals surface area contributed by atoms with Crippen molar-refractivity contribution in [3.63, 3.8) is 0 Å². The van der Waals surface area contributed by atoms with Crippen molar-refractivity contribution in [3.8, 4) is 33.8 Å². The molecule has 0 aliphatic carbocycles. The Morgan fingerprint density at radius 1 is 0.559 bits per heavy atom. The molecule has 2 aliphatic heterocycles. The molecule has 1 aromatic heterocycles. The van der Waals surface area contributed by atoms with Crippen LogP contribution >= 0.6 is 0 Å². The van der Waals surface area contributed by atoms with Crippen LogP contribution in [0.4, 0.5) is 39.9 Å². The molecule has 0 saturated carbocycles. The van der Waals surface area contributed by atoms with Crippen LogP contribution in [0.1, 0.15) is 26.3 Å². The summed E-state index contributed by atoms with van der Waals surface area (Å²) in [5.74, 6) is 2.13. The Balaban J connectivity index is 0.00000449. The Kier molecular flexibility index (Phi) is 10.7. The van der Waals surface area contributed by atoms with Crippen molar-refractivity contribution in [1.29, 1.82) is 0 Å². The molecule has 7 heteroatoms. The summed E-state index contributed by atoms with van der Waals surface area (Å²) in [5.41, 5.74) is 12.1. The van der Waals surface area contributed by atoms with Crippen LogP contribution in [0.5, 0.6) is 11.5 Å². The monoisotopic (exact) mass is 1060 g/mol. The average molecular weight is 1060 g/mol. The number of hydrogen-bond donors (Lipinski definition) is 0. The van der Waals surface area contributed by atoms with Gasteiger partial charge in [-0.3, -0.25) is 0 Å². The van der Waals surface area contributed by atoms with E-state index in [1.165, 1.54) is 23.9 Å². The average Bonchev–Trinajstić information content (AvgIpc) is 3.66. The molecule has 8 aromatic rings. The first kappa shape index (κ1) is 38.9. The minimum atomic E-state index is -0.643. The van der Waals surface area contributed by atoms with E-state index in [1.807, 2.05) is 24.4 Å². The summed E-state index contributed by atoms with van der Waals surface area (Å²) < 4.78 is 9.30. The van der Waals surface area contributed by atoms with E-state index in [1.54, 1.807) is 0 Å². The van der Waals surface area contributed by atoms with Gasteiger partial charge >= 0.3 is 246 Å². The second kappa shape index (κ2) is 16.2. The van der Waals surface area contributed by atoms with Crippen molar-refractivity contribution in [3.05, 3.63) is 200 Å². The van der Waals surface area contributed by atoms with Crippen molar-refractivity contribution >= 4 is 68.1 Å². The maximum atomic E-state index is 6.63. The van der Waals surface area contributed by atoms with Gasteiger partial charge in [-0.05, 0) is 40.5 Å². The summed E-state index contributed by atoms with van der Waals surface area (Å²) in [6.45, 7) is 8.87. The molecule has 0 atom stereocenters.